The maximum Gasteiger partial charge on any atom is 0.238 e. The zero-order valence-electron chi connectivity index (χ0n) is 15.3. The van der Waals surface area contributed by atoms with Crippen LogP contribution >= 0.6 is 23.2 Å². The number of carbonyl (C=O) groups excluding carboxylic acids is 2. The van der Waals surface area contributed by atoms with Gasteiger partial charge in [-0.05, 0) is 48.5 Å². The molecule has 6 nitrogen and oxygen atoms in total. The Morgan fingerprint density at radius 1 is 0.679 bits per heavy atom. The average molecular weight is 421 g/mol. The molecule has 1 saturated heterocycles. The molecule has 0 saturated carbocycles. The van der Waals surface area contributed by atoms with Crippen LogP contribution in [0.1, 0.15) is 0 Å². The van der Waals surface area contributed by atoms with E-state index in [1.54, 1.807) is 48.5 Å². The lowest BCUT2D eigenvalue weighted by Crippen LogP contribution is -2.50. The van der Waals surface area contributed by atoms with Crippen molar-refractivity contribution in [3.63, 3.8) is 0 Å². The SMILES string of the molecule is O=C(CN1CCN(CC(=O)Nc2ccc(Cl)cc2)CC1)Nc1ccc(Cl)cc1. The fourth-order valence-corrected chi connectivity index (χ4v) is 3.23. The van der Waals surface area contributed by atoms with Crippen LogP contribution in [-0.2, 0) is 9.59 Å². The van der Waals surface area contributed by atoms with E-state index in [2.05, 4.69) is 20.4 Å². The molecular formula is C20H22Cl2N4O2. The first-order valence-corrected chi connectivity index (χ1v) is 9.79. The van der Waals surface area contributed by atoms with E-state index in [1.165, 1.54) is 0 Å². The highest BCUT2D eigenvalue weighted by molar-refractivity contribution is 6.31. The first kappa shape index (κ1) is 20.6. The summed E-state index contributed by atoms with van der Waals surface area (Å²) < 4.78 is 0. The van der Waals surface area contributed by atoms with Gasteiger partial charge in [-0.3, -0.25) is 19.4 Å². The zero-order chi connectivity index (χ0) is 19.9. The molecule has 1 aliphatic rings. The smallest absolute Gasteiger partial charge is 0.238 e. The van der Waals surface area contributed by atoms with E-state index in [-0.39, 0.29) is 11.8 Å². The van der Waals surface area contributed by atoms with E-state index in [9.17, 15) is 9.59 Å². The van der Waals surface area contributed by atoms with Crippen LogP contribution in [0.15, 0.2) is 48.5 Å². The Labute approximate surface area is 174 Å². The molecule has 1 fully saturated rings. The van der Waals surface area contributed by atoms with Crippen molar-refractivity contribution in [2.45, 2.75) is 0 Å². The van der Waals surface area contributed by atoms with E-state index < -0.39 is 0 Å². The van der Waals surface area contributed by atoms with Crippen LogP contribution in [0.4, 0.5) is 11.4 Å². The van der Waals surface area contributed by atoms with E-state index >= 15 is 0 Å². The summed E-state index contributed by atoms with van der Waals surface area (Å²) >= 11 is 11.7. The van der Waals surface area contributed by atoms with Gasteiger partial charge in [-0.15, -0.1) is 0 Å². The summed E-state index contributed by atoms with van der Waals surface area (Å²) in [4.78, 5) is 28.5. The van der Waals surface area contributed by atoms with Gasteiger partial charge in [-0.2, -0.15) is 0 Å². The first-order valence-electron chi connectivity index (χ1n) is 9.03. The number of nitrogens with zero attached hydrogens (tertiary/aromatic N) is 2. The predicted molar refractivity (Wildman–Crippen MR) is 113 cm³/mol. The van der Waals surface area contributed by atoms with Crippen LogP contribution in [0.2, 0.25) is 10.0 Å². The standard InChI is InChI=1S/C20H22Cl2N4O2/c21-15-1-5-17(6-2-15)23-19(27)13-25-9-11-26(12-10-25)14-20(28)24-18-7-3-16(22)4-8-18/h1-8H,9-14H2,(H,23,27)(H,24,28). The third kappa shape index (κ3) is 6.49. The second-order valence-corrected chi connectivity index (χ2v) is 7.54. The molecule has 0 unspecified atom stereocenters. The molecule has 8 heteroatoms. The number of hydrogen-bond donors (Lipinski definition) is 2. The molecule has 2 aromatic rings. The van der Waals surface area contributed by atoms with E-state index in [0.29, 0.717) is 23.1 Å². The molecule has 0 spiro atoms. The molecule has 1 aliphatic heterocycles. The Bertz CT molecular complexity index is 734. The number of anilines is 2. The van der Waals surface area contributed by atoms with Crippen molar-refractivity contribution >= 4 is 46.4 Å². The molecule has 0 aromatic heterocycles. The maximum atomic E-state index is 12.2. The summed E-state index contributed by atoms with van der Waals surface area (Å²) in [5.41, 5.74) is 1.46. The molecule has 2 amide bonds. The van der Waals surface area contributed by atoms with Gasteiger partial charge in [0.2, 0.25) is 11.8 Å². The molecule has 2 N–H and O–H groups in total. The van der Waals surface area contributed by atoms with Crippen LogP contribution in [0.5, 0.6) is 0 Å². The van der Waals surface area contributed by atoms with Gasteiger partial charge in [-0.1, -0.05) is 23.2 Å². The van der Waals surface area contributed by atoms with Crippen molar-refractivity contribution in [3.05, 3.63) is 58.6 Å². The van der Waals surface area contributed by atoms with E-state index in [4.69, 9.17) is 23.2 Å². The van der Waals surface area contributed by atoms with Crippen LogP contribution in [0, 0.1) is 0 Å². The lowest BCUT2D eigenvalue weighted by atomic mass is 10.3. The topological polar surface area (TPSA) is 64.7 Å². The molecule has 0 radical (unpaired) electrons. The monoisotopic (exact) mass is 420 g/mol. The normalized spacial score (nSPS) is 15.2. The maximum absolute atomic E-state index is 12.2. The number of piperazine rings is 1. The van der Waals surface area contributed by atoms with Crippen LogP contribution < -0.4 is 10.6 Å². The minimum atomic E-state index is -0.0590. The quantitative estimate of drug-likeness (QED) is 0.752. The Hall–Kier alpha value is -2.12. The summed E-state index contributed by atoms with van der Waals surface area (Å²) in [6.45, 7) is 3.61. The number of amides is 2. The zero-order valence-corrected chi connectivity index (χ0v) is 16.8. The van der Waals surface area contributed by atoms with Gasteiger partial charge in [0.05, 0.1) is 13.1 Å². The second-order valence-electron chi connectivity index (χ2n) is 6.66. The summed E-state index contributed by atoms with van der Waals surface area (Å²) in [6.07, 6.45) is 0. The van der Waals surface area contributed by atoms with Crippen LogP contribution in [0.3, 0.4) is 0 Å². The van der Waals surface area contributed by atoms with Gasteiger partial charge in [0.25, 0.3) is 0 Å². The van der Waals surface area contributed by atoms with Crippen LogP contribution in [0.25, 0.3) is 0 Å². The Morgan fingerprint density at radius 3 is 1.32 bits per heavy atom. The molecule has 28 heavy (non-hydrogen) atoms. The highest BCUT2D eigenvalue weighted by Gasteiger charge is 2.20. The number of carbonyl (C=O) groups is 2. The predicted octanol–water partition coefficient (Wildman–Crippen LogP) is 3.19. The summed E-state index contributed by atoms with van der Waals surface area (Å²) in [7, 11) is 0. The fraction of sp³-hybridized carbons (Fsp3) is 0.300. The molecule has 1 heterocycles. The van der Waals surface area contributed by atoms with Gasteiger partial charge in [-0.25, -0.2) is 0 Å². The Morgan fingerprint density at radius 2 is 1.00 bits per heavy atom. The van der Waals surface area contributed by atoms with Crippen molar-refractivity contribution in [3.8, 4) is 0 Å². The largest absolute Gasteiger partial charge is 0.325 e. The minimum Gasteiger partial charge on any atom is -0.325 e. The number of benzene rings is 2. The minimum absolute atomic E-state index is 0.0590. The molecule has 3 rings (SSSR count). The fourth-order valence-electron chi connectivity index (χ4n) is 2.98. The number of hydrogen-bond acceptors (Lipinski definition) is 4. The molecule has 0 atom stereocenters. The average Bonchev–Trinajstić information content (AvgIpc) is 2.67. The van der Waals surface area contributed by atoms with Gasteiger partial charge in [0.1, 0.15) is 0 Å². The van der Waals surface area contributed by atoms with Gasteiger partial charge < -0.3 is 10.6 Å². The van der Waals surface area contributed by atoms with Crippen molar-refractivity contribution in [1.29, 1.82) is 0 Å². The summed E-state index contributed by atoms with van der Waals surface area (Å²) in [5.74, 6) is -0.118. The first-order chi connectivity index (χ1) is 13.5. The summed E-state index contributed by atoms with van der Waals surface area (Å²) in [6, 6.07) is 14.1. The van der Waals surface area contributed by atoms with E-state index in [1.807, 2.05) is 0 Å². The number of halogens is 2. The molecule has 148 valence electrons. The van der Waals surface area contributed by atoms with E-state index in [0.717, 1.165) is 37.6 Å². The molecule has 0 aliphatic carbocycles. The van der Waals surface area contributed by atoms with Gasteiger partial charge in [0.15, 0.2) is 0 Å². The summed E-state index contributed by atoms with van der Waals surface area (Å²) in [5, 5.41) is 7.00. The third-order valence-corrected chi connectivity index (χ3v) is 4.96. The lowest BCUT2D eigenvalue weighted by molar-refractivity contribution is -0.120. The highest BCUT2D eigenvalue weighted by Crippen LogP contribution is 2.14. The Balaban J connectivity index is 1.37. The molecular weight excluding hydrogens is 399 g/mol. The highest BCUT2D eigenvalue weighted by atomic mass is 35.5. The number of rotatable bonds is 6. The third-order valence-electron chi connectivity index (χ3n) is 4.46. The lowest BCUT2D eigenvalue weighted by Gasteiger charge is -2.33. The van der Waals surface area contributed by atoms with Gasteiger partial charge >= 0.3 is 0 Å². The van der Waals surface area contributed by atoms with Crippen LogP contribution in [-0.4, -0.2) is 60.9 Å². The van der Waals surface area contributed by atoms with Gasteiger partial charge in [0, 0.05) is 47.6 Å². The number of nitrogens with one attached hydrogen (secondary N) is 2. The van der Waals surface area contributed by atoms with Crippen molar-refractivity contribution in [2.75, 3.05) is 49.9 Å². The van der Waals surface area contributed by atoms with Crippen molar-refractivity contribution in [2.24, 2.45) is 0 Å². The molecule has 2 aromatic carbocycles. The second kappa shape index (κ2) is 9.89. The van der Waals surface area contributed by atoms with Crippen molar-refractivity contribution in [1.82, 2.24) is 9.80 Å². The van der Waals surface area contributed by atoms with Crippen molar-refractivity contribution < 1.29 is 9.59 Å². The molecule has 0 bridgehead atoms. The Kier molecular flexibility index (Phi) is 7.28.